The van der Waals surface area contributed by atoms with E-state index in [0.29, 0.717) is 17.5 Å². The Morgan fingerprint density at radius 1 is 1.07 bits per heavy atom. The molecular weight excluding hydrogens is 364 g/mol. The molecule has 4 N–H and O–H groups in total. The van der Waals surface area contributed by atoms with Gasteiger partial charge in [-0.2, -0.15) is 0 Å². The lowest BCUT2D eigenvalue weighted by molar-refractivity contribution is 0.394. The Morgan fingerprint density at radius 3 is 2.43 bits per heavy atom. The van der Waals surface area contributed by atoms with E-state index in [1.807, 2.05) is 19.9 Å². The number of hydrogen-bond donors (Lipinski definition) is 4. The van der Waals surface area contributed by atoms with Gasteiger partial charge < -0.3 is 29.6 Å². The van der Waals surface area contributed by atoms with Crippen LogP contribution < -0.4 is 10.2 Å². The molecule has 0 aliphatic carbocycles. The van der Waals surface area contributed by atoms with Gasteiger partial charge in [0.1, 0.15) is 22.5 Å². The van der Waals surface area contributed by atoms with E-state index in [0.717, 1.165) is 11.6 Å². The average Bonchev–Trinajstić information content (AvgIpc) is 2.61. The summed E-state index contributed by atoms with van der Waals surface area (Å²) in [5.41, 5.74) is 1.09. The van der Waals surface area contributed by atoms with Gasteiger partial charge in [-0.15, -0.1) is 0 Å². The summed E-state index contributed by atoms with van der Waals surface area (Å²) in [6.07, 6.45) is 2.24. The number of aromatic hydroxyl groups is 4. The van der Waals surface area contributed by atoms with Gasteiger partial charge in [-0.3, -0.25) is 4.79 Å². The summed E-state index contributed by atoms with van der Waals surface area (Å²) in [6, 6.07) is 5.05. The van der Waals surface area contributed by atoms with Gasteiger partial charge in [-0.25, -0.2) is 0 Å². The van der Waals surface area contributed by atoms with Crippen LogP contribution in [0.15, 0.2) is 45.1 Å². The first-order valence-electron chi connectivity index (χ1n) is 8.48. The third-order valence-electron chi connectivity index (χ3n) is 4.28. The van der Waals surface area contributed by atoms with Gasteiger partial charge in [-0.05, 0) is 32.4 Å². The summed E-state index contributed by atoms with van der Waals surface area (Å²) in [7, 11) is 1.28. The van der Waals surface area contributed by atoms with Crippen molar-refractivity contribution in [1.29, 1.82) is 0 Å². The number of phenolic OH excluding ortho intramolecular Hbond substituents is 4. The molecule has 7 nitrogen and oxygen atoms in total. The molecule has 0 saturated carbocycles. The lowest BCUT2D eigenvalue weighted by Crippen LogP contribution is -2.08. The number of hydrogen-bond acceptors (Lipinski definition) is 7. The van der Waals surface area contributed by atoms with Crippen LogP contribution in [0.5, 0.6) is 28.7 Å². The predicted octanol–water partition coefficient (Wildman–Crippen LogP) is 3.80. The first kappa shape index (κ1) is 19.2. The molecule has 0 amide bonds. The minimum Gasteiger partial charge on any atom is -0.508 e. The zero-order valence-corrected chi connectivity index (χ0v) is 15.6. The first-order chi connectivity index (χ1) is 13.2. The number of methoxy groups -OCH3 is 1. The fourth-order valence-corrected chi connectivity index (χ4v) is 2.92. The van der Waals surface area contributed by atoms with Crippen LogP contribution in [0.4, 0.5) is 0 Å². The monoisotopic (exact) mass is 384 g/mol. The van der Waals surface area contributed by atoms with Crippen LogP contribution in [0.3, 0.4) is 0 Å². The zero-order valence-electron chi connectivity index (χ0n) is 15.6. The smallest absolute Gasteiger partial charge is 0.239 e. The summed E-state index contributed by atoms with van der Waals surface area (Å²) in [5, 5.41) is 39.8. The van der Waals surface area contributed by atoms with E-state index >= 15 is 0 Å². The maximum Gasteiger partial charge on any atom is 0.239 e. The van der Waals surface area contributed by atoms with Crippen LogP contribution in [0.2, 0.25) is 0 Å². The molecule has 0 radical (unpaired) electrons. The molecule has 7 heteroatoms. The third-order valence-corrected chi connectivity index (χ3v) is 4.28. The fraction of sp³-hybridized carbons (Fsp3) is 0.190. The van der Waals surface area contributed by atoms with Crippen molar-refractivity contribution < 1.29 is 29.6 Å². The van der Waals surface area contributed by atoms with Gasteiger partial charge in [0, 0.05) is 23.3 Å². The molecule has 0 saturated heterocycles. The van der Waals surface area contributed by atoms with Crippen molar-refractivity contribution >= 4 is 11.0 Å². The van der Waals surface area contributed by atoms with E-state index in [-0.39, 0.29) is 39.7 Å². The third kappa shape index (κ3) is 3.34. The maximum absolute atomic E-state index is 12.8. The molecule has 0 aliphatic rings. The predicted molar refractivity (Wildman–Crippen MR) is 104 cm³/mol. The van der Waals surface area contributed by atoms with Gasteiger partial charge in [-0.1, -0.05) is 11.6 Å². The SMILES string of the molecule is COc1c(-c2cc(O)c(O)c(CC=C(C)C)c2)oc2cc(O)cc(O)c2c1=O. The number of phenols is 4. The molecule has 28 heavy (non-hydrogen) atoms. The molecule has 2 aromatic carbocycles. The Labute approximate surface area is 160 Å². The van der Waals surface area contributed by atoms with Crippen molar-refractivity contribution in [3.05, 3.63) is 51.7 Å². The van der Waals surface area contributed by atoms with E-state index < -0.39 is 11.2 Å². The van der Waals surface area contributed by atoms with Crippen molar-refractivity contribution in [3.63, 3.8) is 0 Å². The molecule has 0 aliphatic heterocycles. The number of benzene rings is 2. The summed E-state index contributed by atoms with van der Waals surface area (Å²) < 4.78 is 10.9. The normalized spacial score (nSPS) is 10.8. The average molecular weight is 384 g/mol. The lowest BCUT2D eigenvalue weighted by Gasteiger charge is -2.12. The highest BCUT2D eigenvalue weighted by molar-refractivity contribution is 5.88. The van der Waals surface area contributed by atoms with Crippen LogP contribution in [-0.2, 0) is 6.42 Å². The van der Waals surface area contributed by atoms with Crippen molar-refractivity contribution in [2.75, 3.05) is 7.11 Å². The van der Waals surface area contributed by atoms with Crippen LogP contribution in [-0.4, -0.2) is 27.5 Å². The second-order valence-corrected chi connectivity index (χ2v) is 6.62. The van der Waals surface area contributed by atoms with Crippen molar-refractivity contribution in [3.8, 4) is 40.1 Å². The molecule has 1 heterocycles. The zero-order chi connectivity index (χ0) is 20.6. The Kier molecular flexibility index (Phi) is 4.92. The standard InChI is InChI=1S/C21H20O7/c1-10(2)4-5-11-6-12(7-15(24)18(11)25)20-21(27-3)19(26)17-14(23)8-13(22)9-16(17)28-20/h4,6-9,22-25H,5H2,1-3H3. The molecule has 146 valence electrons. The highest BCUT2D eigenvalue weighted by Gasteiger charge is 2.21. The van der Waals surface area contributed by atoms with Gasteiger partial charge in [0.2, 0.25) is 11.2 Å². The number of allylic oxidation sites excluding steroid dienone is 2. The maximum atomic E-state index is 12.8. The van der Waals surface area contributed by atoms with E-state index in [9.17, 15) is 25.2 Å². The van der Waals surface area contributed by atoms with Gasteiger partial charge in [0.25, 0.3) is 0 Å². The first-order valence-corrected chi connectivity index (χ1v) is 8.48. The van der Waals surface area contributed by atoms with Crippen molar-refractivity contribution in [2.24, 2.45) is 0 Å². The molecule has 1 aromatic heterocycles. The molecular formula is C21H20O7. The van der Waals surface area contributed by atoms with Crippen LogP contribution >= 0.6 is 0 Å². The summed E-state index contributed by atoms with van der Waals surface area (Å²) in [6.45, 7) is 3.82. The summed E-state index contributed by atoms with van der Waals surface area (Å²) in [5.74, 6) is -1.53. The van der Waals surface area contributed by atoms with Crippen molar-refractivity contribution in [1.82, 2.24) is 0 Å². The molecule has 0 atom stereocenters. The van der Waals surface area contributed by atoms with E-state index in [2.05, 4.69) is 0 Å². The highest BCUT2D eigenvalue weighted by Crippen LogP contribution is 2.40. The second kappa shape index (κ2) is 7.19. The molecule has 3 aromatic rings. The molecule has 0 fully saturated rings. The van der Waals surface area contributed by atoms with Gasteiger partial charge in [0.05, 0.1) is 7.11 Å². The summed E-state index contributed by atoms with van der Waals surface area (Å²) in [4.78, 5) is 12.8. The van der Waals surface area contributed by atoms with Gasteiger partial charge in [0.15, 0.2) is 17.3 Å². The van der Waals surface area contributed by atoms with E-state index in [1.165, 1.54) is 19.2 Å². The fourth-order valence-electron chi connectivity index (χ4n) is 2.92. The number of fused-ring (bicyclic) bond motifs is 1. The molecule has 3 rings (SSSR count). The summed E-state index contributed by atoms with van der Waals surface area (Å²) >= 11 is 0. The Hall–Kier alpha value is -3.61. The highest BCUT2D eigenvalue weighted by atomic mass is 16.5. The van der Waals surface area contributed by atoms with Crippen LogP contribution in [0.25, 0.3) is 22.3 Å². The van der Waals surface area contributed by atoms with E-state index in [1.54, 1.807) is 6.07 Å². The molecule has 0 unspecified atom stereocenters. The van der Waals surface area contributed by atoms with Crippen LogP contribution in [0, 0.1) is 0 Å². The largest absolute Gasteiger partial charge is 0.508 e. The molecule has 0 spiro atoms. The Morgan fingerprint density at radius 2 is 1.79 bits per heavy atom. The number of ether oxygens (including phenoxy) is 1. The lowest BCUT2D eigenvalue weighted by atomic mass is 10.0. The minimum absolute atomic E-state index is 0.00116. The topological polar surface area (TPSA) is 120 Å². The second-order valence-electron chi connectivity index (χ2n) is 6.62. The molecule has 0 bridgehead atoms. The van der Waals surface area contributed by atoms with Crippen LogP contribution in [0.1, 0.15) is 19.4 Å². The Bertz CT molecular complexity index is 1150. The minimum atomic E-state index is -0.630. The Balaban J connectivity index is 2.32. The van der Waals surface area contributed by atoms with Gasteiger partial charge >= 0.3 is 0 Å². The van der Waals surface area contributed by atoms with Crippen molar-refractivity contribution in [2.45, 2.75) is 20.3 Å². The quantitative estimate of drug-likeness (QED) is 0.399. The van der Waals surface area contributed by atoms with E-state index in [4.69, 9.17) is 9.15 Å². The number of rotatable bonds is 4.